The van der Waals surface area contributed by atoms with Gasteiger partial charge in [-0.2, -0.15) is 0 Å². The summed E-state index contributed by atoms with van der Waals surface area (Å²) in [5.74, 6) is 0.876. The fourth-order valence-electron chi connectivity index (χ4n) is 5.09. The van der Waals surface area contributed by atoms with E-state index in [1.807, 2.05) is 63.2 Å². The van der Waals surface area contributed by atoms with Crippen molar-refractivity contribution in [2.24, 2.45) is 0 Å². The molecule has 3 atom stereocenters. The topological polar surface area (TPSA) is 64.8 Å². The molecule has 0 spiro atoms. The standard InChI is InChI=1S/C30H46N2O3Si/c1-29(2,3)35-28(33)32-24(20-22-14-16-23(31)17-15-22)18-19-26(32)27(36(7,8)30(4,5)6)21-34-25-12-10-9-11-13-25/h9-17,24,26-27H,18-21,31H2,1-8H3/t24-,26+,27+/m0/s1. The number of ether oxygens (including phenoxy) is 2. The van der Waals surface area contributed by atoms with Crippen LogP contribution in [-0.4, -0.2) is 43.4 Å². The van der Waals surface area contributed by atoms with E-state index >= 15 is 0 Å². The number of nitrogens with zero attached hydrogens (tertiary/aromatic N) is 1. The van der Waals surface area contributed by atoms with Gasteiger partial charge in [0.1, 0.15) is 11.4 Å². The highest BCUT2D eigenvalue weighted by molar-refractivity contribution is 6.81. The average Bonchev–Trinajstić information content (AvgIpc) is 3.17. The number of likely N-dealkylation sites (tertiary alicyclic amines) is 1. The van der Waals surface area contributed by atoms with Crippen LogP contribution in [0, 0.1) is 0 Å². The molecule has 0 saturated carbocycles. The van der Waals surface area contributed by atoms with Gasteiger partial charge in [-0.05, 0) is 74.9 Å². The van der Waals surface area contributed by atoms with E-state index in [0.717, 1.165) is 30.7 Å². The first kappa shape index (κ1) is 28.1. The average molecular weight is 511 g/mol. The second kappa shape index (κ2) is 10.9. The number of benzene rings is 2. The third-order valence-corrected chi connectivity index (χ3v) is 14.4. The van der Waals surface area contributed by atoms with Gasteiger partial charge in [0.05, 0.1) is 14.7 Å². The summed E-state index contributed by atoms with van der Waals surface area (Å²) in [7, 11) is -1.92. The molecule has 6 heteroatoms. The summed E-state index contributed by atoms with van der Waals surface area (Å²) in [4.78, 5) is 15.8. The molecule has 1 aliphatic rings. The van der Waals surface area contributed by atoms with E-state index in [4.69, 9.17) is 15.2 Å². The SMILES string of the molecule is CC(C)(C)OC(=O)N1[C@H](Cc2ccc(N)cc2)CC[C@@H]1[C@@H](COc1ccccc1)[Si](C)(C)C(C)(C)C. The predicted molar refractivity (Wildman–Crippen MR) is 152 cm³/mol. The van der Waals surface area contributed by atoms with Gasteiger partial charge in [0.25, 0.3) is 0 Å². The quantitative estimate of drug-likeness (QED) is 0.309. The van der Waals surface area contributed by atoms with Crippen LogP contribution in [0.4, 0.5) is 10.5 Å². The minimum Gasteiger partial charge on any atom is -0.494 e. The molecule has 2 N–H and O–H groups in total. The van der Waals surface area contributed by atoms with Crippen LogP contribution in [0.15, 0.2) is 54.6 Å². The minimum atomic E-state index is -1.92. The Kier molecular flexibility index (Phi) is 8.49. The second-order valence-electron chi connectivity index (χ2n) is 12.8. The number of rotatable bonds is 7. The summed E-state index contributed by atoms with van der Waals surface area (Å²) < 4.78 is 12.4. The number of nitrogen functional groups attached to an aromatic ring is 1. The number of para-hydroxylation sites is 1. The van der Waals surface area contributed by atoms with Gasteiger partial charge in [-0.15, -0.1) is 0 Å². The van der Waals surface area contributed by atoms with Crippen molar-refractivity contribution in [1.29, 1.82) is 0 Å². The fourth-order valence-corrected chi connectivity index (χ4v) is 7.99. The Bertz CT molecular complexity index is 994. The summed E-state index contributed by atoms with van der Waals surface area (Å²) in [5.41, 5.74) is 7.56. The molecule has 0 aromatic heterocycles. The van der Waals surface area contributed by atoms with Crippen LogP contribution in [0.5, 0.6) is 5.75 Å². The lowest BCUT2D eigenvalue weighted by atomic mass is 10.0. The maximum Gasteiger partial charge on any atom is 0.410 e. The predicted octanol–water partition coefficient (Wildman–Crippen LogP) is 7.54. The molecular formula is C30H46N2O3Si. The number of hydrogen-bond acceptors (Lipinski definition) is 4. The van der Waals surface area contributed by atoms with Crippen molar-refractivity contribution in [3.8, 4) is 5.75 Å². The van der Waals surface area contributed by atoms with Crippen molar-refractivity contribution in [3.05, 3.63) is 60.2 Å². The third-order valence-electron chi connectivity index (χ3n) is 8.10. The zero-order valence-electron chi connectivity index (χ0n) is 23.5. The normalized spacial score (nSPS) is 19.7. The van der Waals surface area contributed by atoms with Crippen molar-refractivity contribution in [2.75, 3.05) is 12.3 Å². The largest absolute Gasteiger partial charge is 0.494 e. The van der Waals surface area contributed by atoms with E-state index in [-0.39, 0.29) is 28.8 Å². The fraction of sp³-hybridized carbons (Fsp3) is 0.567. The zero-order valence-corrected chi connectivity index (χ0v) is 24.5. The zero-order chi connectivity index (χ0) is 26.7. The van der Waals surface area contributed by atoms with Crippen molar-refractivity contribution >= 4 is 19.9 Å². The smallest absolute Gasteiger partial charge is 0.410 e. The highest BCUT2D eigenvalue weighted by atomic mass is 28.3. The summed E-state index contributed by atoms with van der Waals surface area (Å²) in [6, 6.07) is 18.2. The summed E-state index contributed by atoms with van der Waals surface area (Å²) in [5, 5.41) is 0.145. The van der Waals surface area contributed by atoms with Gasteiger partial charge in [0.15, 0.2) is 0 Å². The van der Waals surface area contributed by atoms with Crippen LogP contribution >= 0.6 is 0 Å². The van der Waals surface area contributed by atoms with Crippen LogP contribution in [0.25, 0.3) is 0 Å². The van der Waals surface area contributed by atoms with E-state index in [2.05, 4.69) is 50.9 Å². The van der Waals surface area contributed by atoms with Crippen LogP contribution < -0.4 is 10.5 Å². The molecule has 1 saturated heterocycles. The highest BCUT2D eigenvalue weighted by Gasteiger charge is 2.52. The highest BCUT2D eigenvalue weighted by Crippen LogP contribution is 2.49. The lowest BCUT2D eigenvalue weighted by Gasteiger charge is -2.48. The monoisotopic (exact) mass is 510 g/mol. The summed E-state index contributed by atoms with van der Waals surface area (Å²) >= 11 is 0. The second-order valence-corrected chi connectivity index (χ2v) is 18.5. The van der Waals surface area contributed by atoms with Crippen molar-refractivity contribution in [2.45, 2.75) is 102 Å². The Hall–Kier alpha value is -2.47. The molecule has 5 nitrogen and oxygen atoms in total. The minimum absolute atomic E-state index is 0.0724. The van der Waals surface area contributed by atoms with Crippen molar-refractivity contribution < 1.29 is 14.3 Å². The van der Waals surface area contributed by atoms with Crippen LogP contribution in [-0.2, 0) is 11.2 Å². The van der Waals surface area contributed by atoms with E-state index in [1.165, 1.54) is 5.56 Å². The number of anilines is 1. The Balaban J connectivity index is 1.96. The molecule has 2 aromatic carbocycles. The van der Waals surface area contributed by atoms with Gasteiger partial charge < -0.3 is 20.1 Å². The molecule has 0 unspecified atom stereocenters. The maximum absolute atomic E-state index is 13.7. The van der Waals surface area contributed by atoms with Gasteiger partial charge >= 0.3 is 6.09 Å². The molecule has 0 radical (unpaired) electrons. The maximum atomic E-state index is 13.7. The number of carbonyl (C=O) groups is 1. The van der Waals surface area contributed by atoms with Gasteiger partial charge in [-0.25, -0.2) is 4.79 Å². The molecule has 36 heavy (non-hydrogen) atoms. The molecule has 1 heterocycles. The molecule has 3 rings (SSSR count). The molecule has 1 aliphatic heterocycles. The number of carbonyl (C=O) groups excluding carboxylic acids is 1. The molecule has 0 aliphatic carbocycles. The van der Waals surface area contributed by atoms with Crippen LogP contribution in [0.2, 0.25) is 23.7 Å². The van der Waals surface area contributed by atoms with Crippen molar-refractivity contribution in [3.63, 3.8) is 0 Å². The first-order valence-electron chi connectivity index (χ1n) is 13.2. The molecule has 1 fully saturated rings. The molecule has 1 amide bonds. The van der Waals surface area contributed by atoms with Crippen molar-refractivity contribution in [1.82, 2.24) is 4.90 Å². The Morgan fingerprint density at radius 2 is 1.61 bits per heavy atom. The van der Waals surface area contributed by atoms with Crippen LogP contribution in [0.3, 0.4) is 0 Å². The van der Waals surface area contributed by atoms with Crippen LogP contribution in [0.1, 0.15) is 59.9 Å². The van der Waals surface area contributed by atoms with E-state index in [9.17, 15) is 4.79 Å². The molecule has 2 aromatic rings. The summed E-state index contributed by atoms with van der Waals surface area (Å²) in [6.07, 6.45) is 2.48. The molecule has 0 bridgehead atoms. The van der Waals surface area contributed by atoms with Gasteiger partial charge in [0.2, 0.25) is 0 Å². The van der Waals surface area contributed by atoms with E-state index in [0.29, 0.717) is 6.61 Å². The number of hydrogen-bond donors (Lipinski definition) is 1. The first-order chi connectivity index (χ1) is 16.7. The van der Waals surface area contributed by atoms with Gasteiger partial charge in [0, 0.05) is 23.3 Å². The van der Waals surface area contributed by atoms with Gasteiger partial charge in [-0.3, -0.25) is 0 Å². The Morgan fingerprint density at radius 3 is 2.17 bits per heavy atom. The molecule has 198 valence electrons. The van der Waals surface area contributed by atoms with Gasteiger partial charge in [-0.1, -0.05) is 64.2 Å². The molecular weight excluding hydrogens is 464 g/mol. The summed E-state index contributed by atoms with van der Waals surface area (Å²) in [6.45, 7) is 18.3. The van der Waals surface area contributed by atoms with E-state index < -0.39 is 13.7 Å². The lowest BCUT2D eigenvalue weighted by Crippen LogP contribution is -2.55. The Morgan fingerprint density at radius 1 is 1.00 bits per heavy atom. The number of nitrogens with two attached hydrogens (primary N) is 1. The lowest BCUT2D eigenvalue weighted by molar-refractivity contribution is 0.0126. The van der Waals surface area contributed by atoms with E-state index in [1.54, 1.807) is 0 Å². The first-order valence-corrected chi connectivity index (χ1v) is 16.3. The number of amides is 1. The Labute approximate surface area is 219 Å². The third kappa shape index (κ3) is 6.84.